The number of carbonyl (C=O) groups is 2. The van der Waals surface area contributed by atoms with Gasteiger partial charge in [-0.25, -0.2) is 4.79 Å². The van der Waals surface area contributed by atoms with Crippen LogP contribution >= 0.6 is 0 Å². The fourth-order valence-electron chi connectivity index (χ4n) is 3.37. The first-order valence-electron chi connectivity index (χ1n) is 6.73. The van der Waals surface area contributed by atoms with Gasteiger partial charge in [0.25, 0.3) is 0 Å². The van der Waals surface area contributed by atoms with E-state index in [1.807, 2.05) is 0 Å². The highest BCUT2D eigenvalue weighted by Gasteiger charge is 2.56. The zero-order valence-electron chi connectivity index (χ0n) is 10.8. The summed E-state index contributed by atoms with van der Waals surface area (Å²) in [5.74, 6) is 0.392. The van der Waals surface area contributed by atoms with Gasteiger partial charge >= 0.3 is 5.97 Å². The van der Waals surface area contributed by atoms with Gasteiger partial charge in [0.05, 0.1) is 5.56 Å². The fraction of sp³-hybridized carbons (Fsp3) is 0.467. The first kappa shape index (κ1) is 12.2. The lowest BCUT2D eigenvalue weighted by Crippen LogP contribution is -2.17. The van der Waals surface area contributed by atoms with Gasteiger partial charge in [0.1, 0.15) is 0 Å². The molecule has 0 aromatic heterocycles. The van der Waals surface area contributed by atoms with Crippen molar-refractivity contribution in [1.29, 1.82) is 0 Å². The van der Waals surface area contributed by atoms with E-state index in [1.165, 1.54) is 12.5 Å². The number of hydrogen-bond donors (Lipinski definition) is 2. The maximum atomic E-state index is 12.1. The van der Waals surface area contributed by atoms with E-state index in [2.05, 4.69) is 5.32 Å². The topological polar surface area (TPSA) is 66.4 Å². The monoisotopic (exact) mass is 259 g/mol. The molecular formula is C15H17NO3. The van der Waals surface area contributed by atoms with Crippen molar-refractivity contribution in [2.45, 2.75) is 26.2 Å². The average Bonchev–Trinajstić information content (AvgIpc) is 2.85. The van der Waals surface area contributed by atoms with Gasteiger partial charge in [-0.1, -0.05) is 12.5 Å². The molecule has 0 heterocycles. The molecule has 1 amide bonds. The molecule has 0 bridgehead atoms. The molecule has 4 nitrogen and oxygen atoms in total. The van der Waals surface area contributed by atoms with Crippen molar-refractivity contribution in [3.63, 3.8) is 0 Å². The minimum Gasteiger partial charge on any atom is -0.478 e. The largest absolute Gasteiger partial charge is 0.478 e. The molecule has 2 unspecified atom stereocenters. The maximum Gasteiger partial charge on any atom is 0.336 e. The highest BCUT2D eigenvalue weighted by Crippen LogP contribution is 2.57. The number of fused-ring (bicyclic) bond motifs is 1. The van der Waals surface area contributed by atoms with E-state index in [9.17, 15) is 9.59 Å². The normalized spacial score (nSPS) is 27.7. The molecule has 4 heteroatoms. The number of carboxylic acids is 1. The van der Waals surface area contributed by atoms with E-state index in [4.69, 9.17) is 5.11 Å². The van der Waals surface area contributed by atoms with Crippen LogP contribution in [0.15, 0.2) is 18.2 Å². The molecule has 0 spiro atoms. The predicted octanol–water partition coefficient (Wildman–Crippen LogP) is 2.68. The van der Waals surface area contributed by atoms with Crippen molar-refractivity contribution in [2.75, 3.05) is 5.32 Å². The van der Waals surface area contributed by atoms with Gasteiger partial charge in [-0.3, -0.25) is 4.79 Å². The van der Waals surface area contributed by atoms with Crippen LogP contribution in [0.5, 0.6) is 0 Å². The SMILES string of the molecule is Cc1ccc(NC(=O)C2C3CCCC32)cc1C(=O)O. The number of amides is 1. The summed E-state index contributed by atoms with van der Waals surface area (Å²) in [6, 6.07) is 5.03. The van der Waals surface area contributed by atoms with Crippen molar-refractivity contribution >= 4 is 17.6 Å². The Labute approximate surface area is 111 Å². The van der Waals surface area contributed by atoms with Crippen LogP contribution in [0.3, 0.4) is 0 Å². The molecule has 0 saturated heterocycles. The Morgan fingerprint density at radius 3 is 2.58 bits per heavy atom. The molecule has 2 N–H and O–H groups in total. The van der Waals surface area contributed by atoms with E-state index < -0.39 is 5.97 Å². The van der Waals surface area contributed by atoms with Crippen molar-refractivity contribution in [3.05, 3.63) is 29.3 Å². The number of hydrogen-bond acceptors (Lipinski definition) is 2. The second-order valence-corrected chi connectivity index (χ2v) is 5.61. The van der Waals surface area contributed by atoms with Crippen molar-refractivity contribution in [3.8, 4) is 0 Å². The zero-order chi connectivity index (χ0) is 13.6. The summed E-state index contributed by atoms with van der Waals surface area (Å²) in [6.07, 6.45) is 3.57. The van der Waals surface area contributed by atoms with Gasteiger partial charge in [-0.2, -0.15) is 0 Å². The maximum absolute atomic E-state index is 12.1. The quantitative estimate of drug-likeness (QED) is 0.877. The molecule has 2 aliphatic rings. The summed E-state index contributed by atoms with van der Waals surface area (Å²) < 4.78 is 0. The summed E-state index contributed by atoms with van der Waals surface area (Å²) in [5.41, 5.74) is 1.53. The second kappa shape index (κ2) is 4.37. The van der Waals surface area contributed by atoms with E-state index in [0.29, 0.717) is 23.1 Å². The summed E-state index contributed by atoms with van der Waals surface area (Å²) >= 11 is 0. The van der Waals surface area contributed by atoms with E-state index in [0.717, 1.165) is 12.8 Å². The molecule has 1 aromatic carbocycles. The van der Waals surface area contributed by atoms with Crippen LogP contribution in [-0.2, 0) is 4.79 Å². The molecule has 2 aliphatic carbocycles. The van der Waals surface area contributed by atoms with Gasteiger partial charge in [-0.15, -0.1) is 0 Å². The number of aromatic carboxylic acids is 1. The number of nitrogens with one attached hydrogen (secondary N) is 1. The van der Waals surface area contributed by atoms with Crippen LogP contribution in [0.2, 0.25) is 0 Å². The Kier molecular flexibility index (Phi) is 2.81. The van der Waals surface area contributed by atoms with Crippen LogP contribution in [0.1, 0.15) is 35.2 Å². The van der Waals surface area contributed by atoms with Crippen molar-refractivity contribution in [1.82, 2.24) is 0 Å². The number of rotatable bonds is 3. The highest BCUT2D eigenvalue weighted by atomic mass is 16.4. The van der Waals surface area contributed by atoms with E-state index >= 15 is 0 Å². The molecule has 19 heavy (non-hydrogen) atoms. The molecule has 3 rings (SSSR count). The third kappa shape index (κ3) is 2.11. The van der Waals surface area contributed by atoms with Crippen LogP contribution in [0.4, 0.5) is 5.69 Å². The van der Waals surface area contributed by atoms with Gasteiger partial charge in [0.15, 0.2) is 0 Å². The molecule has 2 atom stereocenters. The molecule has 2 fully saturated rings. The van der Waals surface area contributed by atoms with E-state index in [1.54, 1.807) is 19.1 Å². The number of aryl methyl sites for hydroxylation is 1. The average molecular weight is 259 g/mol. The van der Waals surface area contributed by atoms with Gasteiger partial charge < -0.3 is 10.4 Å². The Bertz CT molecular complexity index is 542. The Morgan fingerprint density at radius 1 is 1.26 bits per heavy atom. The third-order valence-electron chi connectivity index (χ3n) is 4.44. The Morgan fingerprint density at radius 2 is 1.95 bits per heavy atom. The second-order valence-electron chi connectivity index (χ2n) is 5.61. The highest BCUT2D eigenvalue weighted by molar-refractivity contribution is 5.97. The van der Waals surface area contributed by atoms with Crippen molar-refractivity contribution in [2.24, 2.45) is 17.8 Å². The lowest BCUT2D eigenvalue weighted by atomic mass is 10.1. The number of carboxylic acid groups (broad SMARTS) is 1. The number of carbonyl (C=O) groups excluding carboxylic acids is 1. The Hall–Kier alpha value is -1.84. The van der Waals surface area contributed by atoms with Crippen LogP contribution in [-0.4, -0.2) is 17.0 Å². The summed E-state index contributed by atoms with van der Waals surface area (Å²) in [7, 11) is 0. The third-order valence-corrected chi connectivity index (χ3v) is 4.44. The zero-order valence-corrected chi connectivity index (χ0v) is 10.8. The van der Waals surface area contributed by atoms with E-state index in [-0.39, 0.29) is 17.4 Å². The van der Waals surface area contributed by atoms with Gasteiger partial charge in [0.2, 0.25) is 5.91 Å². The van der Waals surface area contributed by atoms with Crippen molar-refractivity contribution < 1.29 is 14.7 Å². The fourth-order valence-corrected chi connectivity index (χ4v) is 3.37. The standard InChI is InChI=1S/C15H17NO3/c1-8-5-6-9(7-12(8)15(18)19)16-14(17)13-10-3-2-4-11(10)13/h5-7,10-11,13H,2-4H2,1H3,(H,16,17)(H,18,19). The molecule has 1 aromatic rings. The van der Waals surface area contributed by atoms with Crippen LogP contribution < -0.4 is 5.32 Å². The molecule has 2 saturated carbocycles. The summed E-state index contributed by atoms with van der Waals surface area (Å²) in [5, 5.41) is 11.9. The predicted molar refractivity (Wildman–Crippen MR) is 71.1 cm³/mol. The van der Waals surface area contributed by atoms with Crippen LogP contribution in [0, 0.1) is 24.7 Å². The first-order valence-corrected chi connectivity index (χ1v) is 6.73. The lowest BCUT2D eigenvalue weighted by molar-refractivity contribution is -0.118. The van der Waals surface area contributed by atoms with Gasteiger partial charge in [0, 0.05) is 11.6 Å². The summed E-state index contributed by atoms with van der Waals surface area (Å²) in [6.45, 7) is 1.75. The summed E-state index contributed by atoms with van der Waals surface area (Å²) in [4.78, 5) is 23.1. The minimum atomic E-state index is -0.961. The van der Waals surface area contributed by atoms with Crippen LogP contribution in [0.25, 0.3) is 0 Å². The minimum absolute atomic E-state index is 0.0508. The molecular weight excluding hydrogens is 242 g/mol. The number of benzene rings is 1. The first-order chi connectivity index (χ1) is 9.08. The van der Waals surface area contributed by atoms with Gasteiger partial charge in [-0.05, 0) is 49.3 Å². The molecule has 0 radical (unpaired) electrons. The number of anilines is 1. The lowest BCUT2D eigenvalue weighted by Gasteiger charge is -2.08. The Balaban J connectivity index is 1.71. The molecule has 0 aliphatic heterocycles. The smallest absolute Gasteiger partial charge is 0.336 e. The molecule has 100 valence electrons.